The van der Waals surface area contributed by atoms with Gasteiger partial charge in [-0.1, -0.05) is 0 Å². The number of hydrogen-bond donors (Lipinski definition) is 3. The molecule has 1 aliphatic rings. The summed E-state index contributed by atoms with van der Waals surface area (Å²) in [6.45, 7) is 2.97. The first-order valence-corrected chi connectivity index (χ1v) is 8.70. The van der Waals surface area contributed by atoms with Crippen LogP contribution in [0, 0.1) is 0 Å². The third kappa shape index (κ3) is 4.90. The number of nitrogens with zero attached hydrogens (tertiary/aromatic N) is 3. The third-order valence-corrected chi connectivity index (χ3v) is 4.30. The molecular weight excluding hydrogens is 436 g/mol. The number of fused-ring (bicyclic) bond motifs is 3. The van der Waals surface area contributed by atoms with Crippen LogP contribution < -0.4 is 16.0 Å². The molecule has 2 aromatic heterocycles. The predicted octanol–water partition coefficient (Wildman–Crippen LogP) is 3.02. The molecule has 0 aliphatic carbocycles. The predicted molar refractivity (Wildman–Crippen MR) is 97.5 cm³/mol. The van der Waals surface area contributed by atoms with Crippen LogP contribution in [0.4, 0.5) is 38.1 Å². The number of furan rings is 1. The number of halogens is 6. The van der Waals surface area contributed by atoms with Crippen molar-refractivity contribution in [3.63, 3.8) is 0 Å². The summed E-state index contributed by atoms with van der Waals surface area (Å²) in [5.41, 5.74) is 6.02. The molecule has 31 heavy (non-hydrogen) atoms. The lowest BCUT2D eigenvalue weighted by molar-refractivity contribution is -0.192. The summed E-state index contributed by atoms with van der Waals surface area (Å²) in [6, 6.07) is 3.33. The maximum Gasteiger partial charge on any atom is 0.490 e. The van der Waals surface area contributed by atoms with E-state index in [1.54, 1.807) is 0 Å². The number of hydrogen-bond acceptors (Lipinski definition) is 7. The van der Waals surface area contributed by atoms with Crippen LogP contribution in [-0.4, -0.2) is 53.4 Å². The van der Waals surface area contributed by atoms with Crippen molar-refractivity contribution in [2.24, 2.45) is 0 Å². The van der Waals surface area contributed by atoms with Gasteiger partial charge in [-0.2, -0.15) is 31.3 Å². The Balaban J connectivity index is 0.000000339. The summed E-state index contributed by atoms with van der Waals surface area (Å²) < 4.78 is 76.4. The molecule has 1 fully saturated rings. The molecule has 1 aliphatic heterocycles. The lowest BCUT2D eigenvalue weighted by Gasteiger charge is -2.28. The number of nitrogens with two attached hydrogens (primary N) is 1. The van der Waals surface area contributed by atoms with Crippen molar-refractivity contribution in [1.29, 1.82) is 0 Å². The van der Waals surface area contributed by atoms with E-state index in [0.29, 0.717) is 35.6 Å². The van der Waals surface area contributed by atoms with E-state index in [-0.39, 0.29) is 11.3 Å². The number of carboxylic acids is 1. The maximum absolute atomic E-state index is 13.0. The molecule has 0 unspecified atom stereocenters. The molecule has 0 spiro atoms. The summed E-state index contributed by atoms with van der Waals surface area (Å²) in [5, 5.41) is 10.6. The fraction of sp³-hybridized carbons (Fsp3) is 0.353. The van der Waals surface area contributed by atoms with Gasteiger partial charge in [0.15, 0.2) is 11.4 Å². The van der Waals surface area contributed by atoms with Crippen LogP contribution >= 0.6 is 0 Å². The quantitative estimate of drug-likeness (QED) is 0.484. The molecule has 0 radical (unpaired) electrons. The molecule has 168 valence electrons. The molecule has 0 saturated carbocycles. The van der Waals surface area contributed by atoms with Crippen LogP contribution in [-0.2, 0) is 11.0 Å². The third-order valence-electron chi connectivity index (χ3n) is 4.30. The van der Waals surface area contributed by atoms with Gasteiger partial charge in [-0.3, -0.25) is 0 Å². The highest BCUT2D eigenvalue weighted by Gasteiger charge is 2.38. The number of aliphatic carboxylic acids is 1. The van der Waals surface area contributed by atoms with Gasteiger partial charge in [0.25, 0.3) is 0 Å². The standard InChI is InChI=1S/C15H14F3N5O.C2HF3O2/c16-15(17,18)8-1-2-10-9(7-8)11-12(24-10)13(22-14(19)21-11)23-5-3-20-4-6-23;3-2(4,5)1(6)7/h1-2,7,20H,3-6H2,(H2,19,21,22);(H,6,7). The first-order chi connectivity index (χ1) is 14.4. The van der Waals surface area contributed by atoms with Crippen LogP contribution in [0.25, 0.3) is 22.1 Å². The zero-order valence-electron chi connectivity index (χ0n) is 15.5. The number of rotatable bonds is 1. The number of anilines is 2. The molecule has 0 amide bonds. The topological polar surface area (TPSA) is 118 Å². The molecule has 4 rings (SSSR count). The van der Waals surface area contributed by atoms with E-state index >= 15 is 0 Å². The molecule has 0 atom stereocenters. The average Bonchev–Trinajstić information content (AvgIpc) is 3.05. The monoisotopic (exact) mass is 451 g/mol. The van der Waals surface area contributed by atoms with Crippen molar-refractivity contribution in [1.82, 2.24) is 15.3 Å². The lowest BCUT2D eigenvalue weighted by atomic mass is 10.1. The Morgan fingerprint density at radius 1 is 1.13 bits per heavy atom. The Labute approximate surface area is 169 Å². The van der Waals surface area contributed by atoms with E-state index in [4.69, 9.17) is 20.1 Å². The van der Waals surface area contributed by atoms with Crippen LogP contribution in [0.15, 0.2) is 22.6 Å². The Hall–Kier alpha value is -3.29. The maximum atomic E-state index is 13.0. The molecular formula is C17H15F6N5O3. The van der Waals surface area contributed by atoms with E-state index < -0.39 is 23.9 Å². The van der Waals surface area contributed by atoms with Crippen LogP contribution in [0.2, 0.25) is 0 Å². The van der Waals surface area contributed by atoms with Crippen molar-refractivity contribution >= 4 is 39.8 Å². The number of carbonyl (C=O) groups is 1. The second kappa shape index (κ2) is 8.09. The molecule has 0 bridgehead atoms. The number of nitrogens with one attached hydrogen (secondary N) is 1. The van der Waals surface area contributed by atoms with Gasteiger partial charge in [-0.05, 0) is 18.2 Å². The zero-order chi connectivity index (χ0) is 23.0. The Morgan fingerprint density at radius 3 is 2.29 bits per heavy atom. The normalized spacial score (nSPS) is 15.1. The Bertz CT molecular complexity index is 1110. The first-order valence-electron chi connectivity index (χ1n) is 8.70. The summed E-state index contributed by atoms with van der Waals surface area (Å²) in [5.74, 6) is -2.23. The number of nitrogen functional groups attached to an aromatic ring is 1. The first kappa shape index (κ1) is 22.4. The highest BCUT2D eigenvalue weighted by atomic mass is 19.4. The minimum atomic E-state index is -5.08. The summed E-state index contributed by atoms with van der Waals surface area (Å²) >= 11 is 0. The molecule has 1 saturated heterocycles. The fourth-order valence-corrected chi connectivity index (χ4v) is 2.91. The smallest absolute Gasteiger partial charge is 0.475 e. The largest absolute Gasteiger partial charge is 0.490 e. The number of alkyl halides is 6. The zero-order valence-corrected chi connectivity index (χ0v) is 15.5. The molecule has 4 N–H and O–H groups in total. The van der Waals surface area contributed by atoms with Gasteiger partial charge in [0.05, 0.1) is 5.56 Å². The van der Waals surface area contributed by atoms with E-state index in [1.165, 1.54) is 6.07 Å². The number of piperazine rings is 1. The number of aromatic nitrogens is 2. The Kier molecular flexibility index (Phi) is 5.85. The van der Waals surface area contributed by atoms with Gasteiger partial charge in [0, 0.05) is 31.6 Å². The molecule has 3 heterocycles. The molecule has 1 aromatic carbocycles. The van der Waals surface area contributed by atoms with E-state index in [2.05, 4.69) is 15.3 Å². The summed E-state index contributed by atoms with van der Waals surface area (Å²) in [7, 11) is 0. The highest BCUT2D eigenvalue weighted by molar-refractivity contribution is 6.06. The lowest BCUT2D eigenvalue weighted by Crippen LogP contribution is -2.44. The van der Waals surface area contributed by atoms with Crippen molar-refractivity contribution in [3.8, 4) is 0 Å². The number of benzene rings is 1. The molecule has 14 heteroatoms. The van der Waals surface area contributed by atoms with Crippen LogP contribution in [0.5, 0.6) is 0 Å². The second-order valence-electron chi connectivity index (χ2n) is 6.43. The van der Waals surface area contributed by atoms with Crippen molar-refractivity contribution in [2.45, 2.75) is 12.4 Å². The van der Waals surface area contributed by atoms with Gasteiger partial charge >= 0.3 is 18.3 Å². The second-order valence-corrected chi connectivity index (χ2v) is 6.43. The highest BCUT2D eigenvalue weighted by Crippen LogP contribution is 2.37. The van der Waals surface area contributed by atoms with Crippen molar-refractivity contribution in [2.75, 3.05) is 36.8 Å². The van der Waals surface area contributed by atoms with E-state index in [9.17, 15) is 26.3 Å². The van der Waals surface area contributed by atoms with Crippen LogP contribution in [0.3, 0.4) is 0 Å². The Morgan fingerprint density at radius 2 is 1.74 bits per heavy atom. The van der Waals surface area contributed by atoms with Gasteiger partial charge in [-0.15, -0.1) is 0 Å². The fourth-order valence-electron chi connectivity index (χ4n) is 2.91. The van der Waals surface area contributed by atoms with Gasteiger partial charge in [-0.25, -0.2) is 9.78 Å². The van der Waals surface area contributed by atoms with Gasteiger partial charge in [0.1, 0.15) is 11.1 Å². The van der Waals surface area contributed by atoms with Crippen molar-refractivity contribution < 1.29 is 40.7 Å². The van der Waals surface area contributed by atoms with E-state index in [1.807, 2.05) is 4.90 Å². The van der Waals surface area contributed by atoms with E-state index in [0.717, 1.165) is 25.2 Å². The molecule has 3 aromatic rings. The van der Waals surface area contributed by atoms with Gasteiger partial charge in [0.2, 0.25) is 5.95 Å². The molecule has 8 nitrogen and oxygen atoms in total. The summed E-state index contributed by atoms with van der Waals surface area (Å²) in [4.78, 5) is 19.2. The van der Waals surface area contributed by atoms with Crippen LogP contribution in [0.1, 0.15) is 5.56 Å². The SMILES string of the molecule is Nc1nc(N2CCNCC2)c2oc3ccc(C(F)(F)F)cc3c2n1.O=C(O)C(F)(F)F. The minimum absolute atomic E-state index is 0.0103. The average molecular weight is 451 g/mol. The minimum Gasteiger partial charge on any atom is -0.475 e. The van der Waals surface area contributed by atoms with Crippen molar-refractivity contribution in [3.05, 3.63) is 23.8 Å². The van der Waals surface area contributed by atoms with Gasteiger partial charge < -0.3 is 25.5 Å². The summed E-state index contributed by atoms with van der Waals surface area (Å²) in [6.07, 6.45) is -9.52. The number of carboxylic acid groups (broad SMARTS) is 1.